The van der Waals surface area contributed by atoms with Crippen molar-refractivity contribution in [1.29, 1.82) is 0 Å². The van der Waals surface area contributed by atoms with Crippen LogP contribution in [0, 0.1) is 0 Å². The Balaban J connectivity index is 2.04. The Labute approximate surface area is 113 Å². The molecule has 0 atom stereocenters. The first-order valence-corrected chi connectivity index (χ1v) is 6.14. The minimum atomic E-state index is 0.0245. The number of amides is 1. The minimum absolute atomic E-state index is 0.0245. The van der Waals surface area contributed by atoms with E-state index in [1.54, 1.807) is 19.1 Å². The van der Waals surface area contributed by atoms with Crippen molar-refractivity contribution in [3.8, 4) is 5.75 Å². The molecule has 0 aliphatic rings. The summed E-state index contributed by atoms with van der Waals surface area (Å²) in [4.78, 5) is 13.9. The van der Waals surface area contributed by atoms with Crippen molar-refractivity contribution in [3.05, 3.63) is 65.7 Å². The lowest BCUT2D eigenvalue weighted by atomic mass is 10.1. The largest absolute Gasteiger partial charge is 0.497 e. The molecule has 0 N–H and O–H groups in total. The van der Waals surface area contributed by atoms with Gasteiger partial charge in [0.2, 0.25) is 0 Å². The van der Waals surface area contributed by atoms with Crippen LogP contribution in [-0.2, 0) is 6.54 Å². The normalized spacial score (nSPS) is 10.0. The van der Waals surface area contributed by atoms with Crippen LogP contribution in [0.3, 0.4) is 0 Å². The average Bonchev–Trinajstić information content (AvgIpc) is 2.48. The molecule has 0 radical (unpaired) electrons. The summed E-state index contributed by atoms with van der Waals surface area (Å²) in [7, 11) is 3.44. The average molecular weight is 255 g/mol. The number of hydrogen-bond donors (Lipinski definition) is 0. The summed E-state index contributed by atoms with van der Waals surface area (Å²) in [5, 5.41) is 0. The fourth-order valence-electron chi connectivity index (χ4n) is 1.88. The molecule has 0 aromatic heterocycles. The van der Waals surface area contributed by atoms with Crippen molar-refractivity contribution in [2.45, 2.75) is 6.54 Å². The molecular formula is C16H17NO2. The predicted octanol–water partition coefficient (Wildman–Crippen LogP) is 2.97. The van der Waals surface area contributed by atoms with Gasteiger partial charge in [0, 0.05) is 19.2 Å². The zero-order valence-corrected chi connectivity index (χ0v) is 11.2. The highest BCUT2D eigenvalue weighted by Gasteiger charge is 2.11. The number of nitrogens with zero attached hydrogens (tertiary/aromatic N) is 1. The van der Waals surface area contributed by atoms with Crippen LogP contribution in [0.1, 0.15) is 15.9 Å². The predicted molar refractivity (Wildman–Crippen MR) is 75.2 cm³/mol. The monoisotopic (exact) mass is 255 g/mol. The highest BCUT2D eigenvalue weighted by atomic mass is 16.5. The van der Waals surface area contributed by atoms with Gasteiger partial charge in [-0.05, 0) is 29.8 Å². The Morgan fingerprint density at radius 3 is 2.26 bits per heavy atom. The van der Waals surface area contributed by atoms with Gasteiger partial charge >= 0.3 is 0 Å². The van der Waals surface area contributed by atoms with Crippen LogP contribution in [0.5, 0.6) is 5.75 Å². The van der Waals surface area contributed by atoms with Gasteiger partial charge in [0.05, 0.1) is 7.11 Å². The highest BCUT2D eigenvalue weighted by molar-refractivity contribution is 5.93. The Morgan fingerprint density at radius 1 is 1.05 bits per heavy atom. The van der Waals surface area contributed by atoms with Crippen LogP contribution in [0.15, 0.2) is 54.6 Å². The Morgan fingerprint density at radius 2 is 1.68 bits per heavy atom. The number of carbonyl (C=O) groups excluding carboxylic acids is 1. The lowest BCUT2D eigenvalue weighted by molar-refractivity contribution is 0.0785. The van der Waals surface area contributed by atoms with Crippen molar-refractivity contribution in [2.24, 2.45) is 0 Å². The van der Waals surface area contributed by atoms with Gasteiger partial charge in [-0.25, -0.2) is 0 Å². The van der Waals surface area contributed by atoms with E-state index in [2.05, 4.69) is 0 Å². The number of rotatable bonds is 4. The van der Waals surface area contributed by atoms with Gasteiger partial charge in [0.15, 0.2) is 0 Å². The van der Waals surface area contributed by atoms with Gasteiger partial charge in [0.1, 0.15) is 5.75 Å². The number of ether oxygens (including phenoxy) is 1. The topological polar surface area (TPSA) is 29.5 Å². The van der Waals surface area contributed by atoms with Gasteiger partial charge in [-0.15, -0.1) is 0 Å². The molecule has 0 saturated carbocycles. The zero-order chi connectivity index (χ0) is 13.7. The lowest BCUT2D eigenvalue weighted by Gasteiger charge is -2.17. The van der Waals surface area contributed by atoms with Crippen molar-refractivity contribution in [2.75, 3.05) is 14.2 Å². The van der Waals surface area contributed by atoms with Crippen LogP contribution in [-0.4, -0.2) is 25.0 Å². The summed E-state index contributed by atoms with van der Waals surface area (Å²) in [6, 6.07) is 17.0. The van der Waals surface area contributed by atoms with Gasteiger partial charge in [0.25, 0.3) is 5.91 Å². The molecule has 0 heterocycles. The van der Waals surface area contributed by atoms with Gasteiger partial charge < -0.3 is 9.64 Å². The lowest BCUT2D eigenvalue weighted by Crippen LogP contribution is -2.26. The van der Waals surface area contributed by atoms with Crippen LogP contribution in [0.25, 0.3) is 0 Å². The van der Waals surface area contributed by atoms with Gasteiger partial charge in [-0.2, -0.15) is 0 Å². The summed E-state index contributed by atoms with van der Waals surface area (Å²) in [5.74, 6) is 0.845. The number of benzene rings is 2. The molecule has 0 aliphatic carbocycles. The smallest absolute Gasteiger partial charge is 0.253 e. The first-order chi connectivity index (χ1) is 9.20. The molecule has 98 valence electrons. The third-order valence-corrected chi connectivity index (χ3v) is 2.95. The quantitative estimate of drug-likeness (QED) is 0.840. The van der Waals surface area contributed by atoms with E-state index < -0.39 is 0 Å². The number of hydrogen-bond acceptors (Lipinski definition) is 2. The minimum Gasteiger partial charge on any atom is -0.497 e. The van der Waals surface area contributed by atoms with Crippen molar-refractivity contribution in [1.82, 2.24) is 4.90 Å². The summed E-state index contributed by atoms with van der Waals surface area (Å²) >= 11 is 0. The third kappa shape index (κ3) is 3.35. The molecule has 2 rings (SSSR count). The SMILES string of the molecule is COc1ccc(CN(C)C(=O)c2ccccc2)cc1. The van der Waals surface area contributed by atoms with E-state index in [1.807, 2.05) is 54.6 Å². The zero-order valence-electron chi connectivity index (χ0n) is 11.2. The molecule has 3 heteroatoms. The molecular weight excluding hydrogens is 238 g/mol. The molecule has 0 bridgehead atoms. The first kappa shape index (κ1) is 13.1. The maximum Gasteiger partial charge on any atom is 0.253 e. The second-order valence-electron chi connectivity index (χ2n) is 4.38. The van der Waals surface area contributed by atoms with E-state index >= 15 is 0 Å². The van der Waals surface area contributed by atoms with E-state index in [0.29, 0.717) is 12.1 Å². The molecule has 0 aliphatic heterocycles. The summed E-state index contributed by atoms with van der Waals surface area (Å²) < 4.78 is 5.11. The Kier molecular flexibility index (Phi) is 4.18. The van der Waals surface area contributed by atoms with E-state index in [-0.39, 0.29) is 5.91 Å². The summed E-state index contributed by atoms with van der Waals surface area (Å²) in [6.45, 7) is 0.581. The van der Waals surface area contributed by atoms with Crippen LogP contribution in [0.4, 0.5) is 0 Å². The molecule has 1 amide bonds. The first-order valence-electron chi connectivity index (χ1n) is 6.14. The van der Waals surface area contributed by atoms with Crippen molar-refractivity contribution in [3.63, 3.8) is 0 Å². The van der Waals surface area contributed by atoms with E-state index in [4.69, 9.17) is 4.74 Å². The van der Waals surface area contributed by atoms with Crippen LogP contribution in [0.2, 0.25) is 0 Å². The van der Waals surface area contributed by atoms with Crippen molar-refractivity contribution >= 4 is 5.91 Å². The second-order valence-corrected chi connectivity index (χ2v) is 4.38. The molecule has 19 heavy (non-hydrogen) atoms. The van der Waals surface area contributed by atoms with Crippen LogP contribution >= 0.6 is 0 Å². The maximum atomic E-state index is 12.2. The maximum absolute atomic E-state index is 12.2. The molecule has 0 unspecified atom stereocenters. The standard InChI is InChI=1S/C16H17NO2/c1-17(16(18)14-6-4-3-5-7-14)12-13-8-10-15(19-2)11-9-13/h3-11H,12H2,1-2H3. The molecule has 2 aromatic carbocycles. The third-order valence-electron chi connectivity index (χ3n) is 2.95. The molecule has 3 nitrogen and oxygen atoms in total. The van der Waals surface area contributed by atoms with Gasteiger partial charge in [-0.1, -0.05) is 30.3 Å². The van der Waals surface area contributed by atoms with Crippen LogP contribution < -0.4 is 4.74 Å². The van der Waals surface area contributed by atoms with E-state index in [9.17, 15) is 4.79 Å². The molecule has 0 spiro atoms. The Bertz CT molecular complexity index is 534. The fourth-order valence-corrected chi connectivity index (χ4v) is 1.88. The second kappa shape index (κ2) is 6.05. The van der Waals surface area contributed by atoms with E-state index in [0.717, 1.165) is 11.3 Å². The molecule has 0 saturated heterocycles. The molecule has 0 fully saturated rings. The van der Waals surface area contributed by atoms with E-state index in [1.165, 1.54) is 0 Å². The Hall–Kier alpha value is -2.29. The number of methoxy groups -OCH3 is 1. The fraction of sp³-hybridized carbons (Fsp3) is 0.188. The highest BCUT2D eigenvalue weighted by Crippen LogP contribution is 2.13. The summed E-state index contributed by atoms with van der Waals surface area (Å²) in [6.07, 6.45) is 0. The van der Waals surface area contributed by atoms with Gasteiger partial charge in [-0.3, -0.25) is 4.79 Å². The molecule has 2 aromatic rings. The number of carbonyl (C=O) groups is 1. The van der Waals surface area contributed by atoms with Crippen molar-refractivity contribution < 1.29 is 9.53 Å². The summed E-state index contributed by atoms with van der Waals surface area (Å²) in [5.41, 5.74) is 1.78.